The zero-order chi connectivity index (χ0) is 14.3. The molecule has 0 saturated heterocycles. The standard InChI is InChI=1S/C15H16N2O3/c1-9(15(19)20)17(11-5-6-11)14(18)12-4-2-3-10-7-8-16-13(10)12/h2-4,7-9,11,16H,5-6H2,1H3,(H,19,20). The second kappa shape index (κ2) is 4.67. The average molecular weight is 272 g/mol. The van der Waals surface area contributed by atoms with Crippen LogP contribution in [-0.2, 0) is 4.79 Å². The van der Waals surface area contributed by atoms with Gasteiger partial charge in [-0.3, -0.25) is 4.79 Å². The molecule has 104 valence electrons. The first-order chi connectivity index (χ1) is 9.59. The molecule has 0 spiro atoms. The van der Waals surface area contributed by atoms with E-state index < -0.39 is 12.0 Å². The number of carboxylic acids is 1. The van der Waals surface area contributed by atoms with E-state index in [0.717, 1.165) is 23.7 Å². The van der Waals surface area contributed by atoms with Crippen molar-refractivity contribution in [3.63, 3.8) is 0 Å². The molecular formula is C15H16N2O3. The lowest BCUT2D eigenvalue weighted by molar-refractivity contribution is -0.141. The molecule has 1 aliphatic carbocycles. The molecule has 0 bridgehead atoms. The van der Waals surface area contributed by atoms with Crippen LogP contribution in [0.3, 0.4) is 0 Å². The van der Waals surface area contributed by atoms with Crippen molar-refractivity contribution in [2.24, 2.45) is 0 Å². The van der Waals surface area contributed by atoms with E-state index in [-0.39, 0.29) is 11.9 Å². The number of carboxylic acid groups (broad SMARTS) is 1. The lowest BCUT2D eigenvalue weighted by atomic mass is 10.1. The van der Waals surface area contributed by atoms with E-state index in [1.54, 1.807) is 19.2 Å². The molecule has 1 aliphatic rings. The third-order valence-electron chi connectivity index (χ3n) is 3.77. The smallest absolute Gasteiger partial charge is 0.326 e. The van der Waals surface area contributed by atoms with Crippen molar-refractivity contribution < 1.29 is 14.7 Å². The Hall–Kier alpha value is -2.30. The van der Waals surface area contributed by atoms with E-state index in [1.807, 2.05) is 18.2 Å². The fourth-order valence-corrected chi connectivity index (χ4v) is 2.53. The first-order valence-corrected chi connectivity index (χ1v) is 6.71. The van der Waals surface area contributed by atoms with Crippen LogP contribution in [0, 0.1) is 0 Å². The van der Waals surface area contributed by atoms with Crippen molar-refractivity contribution in [1.82, 2.24) is 9.88 Å². The van der Waals surface area contributed by atoms with E-state index in [1.165, 1.54) is 4.90 Å². The number of hydrogen-bond donors (Lipinski definition) is 2. The fourth-order valence-electron chi connectivity index (χ4n) is 2.53. The molecular weight excluding hydrogens is 256 g/mol. The molecule has 0 aliphatic heterocycles. The summed E-state index contributed by atoms with van der Waals surface area (Å²) < 4.78 is 0. The van der Waals surface area contributed by atoms with Crippen molar-refractivity contribution in [2.75, 3.05) is 0 Å². The van der Waals surface area contributed by atoms with E-state index in [0.29, 0.717) is 5.56 Å². The first-order valence-electron chi connectivity index (χ1n) is 6.71. The van der Waals surface area contributed by atoms with Crippen LogP contribution in [0.4, 0.5) is 0 Å². The highest BCUT2D eigenvalue weighted by molar-refractivity contribution is 6.06. The molecule has 2 N–H and O–H groups in total. The molecule has 0 radical (unpaired) electrons. The minimum absolute atomic E-state index is 0.0545. The number of nitrogens with one attached hydrogen (secondary N) is 1. The Balaban J connectivity index is 2.01. The second-order valence-corrected chi connectivity index (χ2v) is 5.21. The van der Waals surface area contributed by atoms with Gasteiger partial charge in [-0.2, -0.15) is 0 Å². The summed E-state index contributed by atoms with van der Waals surface area (Å²) in [5.41, 5.74) is 1.30. The summed E-state index contributed by atoms with van der Waals surface area (Å²) >= 11 is 0. The summed E-state index contributed by atoms with van der Waals surface area (Å²) in [7, 11) is 0. The Morgan fingerprint density at radius 1 is 1.35 bits per heavy atom. The first kappa shape index (κ1) is 12.7. The van der Waals surface area contributed by atoms with Crippen molar-refractivity contribution in [2.45, 2.75) is 31.8 Å². The molecule has 1 heterocycles. The van der Waals surface area contributed by atoms with Crippen LogP contribution < -0.4 is 0 Å². The molecule has 3 rings (SSSR count). The van der Waals surface area contributed by atoms with Crippen molar-refractivity contribution >= 4 is 22.8 Å². The highest BCUT2D eigenvalue weighted by Crippen LogP contribution is 2.31. The Morgan fingerprint density at radius 2 is 2.10 bits per heavy atom. The minimum Gasteiger partial charge on any atom is -0.480 e. The fraction of sp³-hybridized carbons (Fsp3) is 0.333. The number of aromatic amines is 1. The molecule has 1 saturated carbocycles. The summed E-state index contributed by atoms with van der Waals surface area (Å²) in [4.78, 5) is 28.5. The van der Waals surface area contributed by atoms with E-state index in [9.17, 15) is 14.7 Å². The van der Waals surface area contributed by atoms with Crippen LogP contribution in [0.5, 0.6) is 0 Å². The van der Waals surface area contributed by atoms with Crippen molar-refractivity contribution in [3.8, 4) is 0 Å². The number of nitrogens with zero attached hydrogens (tertiary/aromatic N) is 1. The molecule has 5 heteroatoms. The summed E-state index contributed by atoms with van der Waals surface area (Å²) in [5, 5.41) is 10.1. The number of aliphatic carboxylic acids is 1. The second-order valence-electron chi connectivity index (χ2n) is 5.21. The molecule has 1 atom stereocenters. The number of carbonyl (C=O) groups excluding carboxylic acids is 1. The quantitative estimate of drug-likeness (QED) is 0.896. The van der Waals surface area contributed by atoms with Crippen molar-refractivity contribution in [3.05, 3.63) is 36.0 Å². The molecule has 1 fully saturated rings. The monoisotopic (exact) mass is 272 g/mol. The zero-order valence-electron chi connectivity index (χ0n) is 11.2. The van der Waals surface area contributed by atoms with E-state index >= 15 is 0 Å². The van der Waals surface area contributed by atoms with Crippen molar-refractivity contribution in [1.29, 1.82) is 0 Å². The highest BCUT2D eigenvalue weighted by Gasteiger charge is 2.39. The number of H-pyrrole nitrogens is 1. The van der Waals surface area contributed by atoms with Gasteiger partial charge in [-0.1, -0.05) is 12.1 Å². The highest BCUT2D eigenvalue weighted by atomic mass is 16.4. The molecule has 5 nitrogen and oxygen atoms in total. The van der Waals surface area contributed by atoms with Gasteiger partial charge in [0, 0.05) is 17.6 Å². The van der Waals surface area contributed by atoms with Gasteiger partial charge in [0.05, 0.1) is 11.1 Å². The van der Waals surface area contributed by atoms with Gasteiger partial charge in [0.1, 0.15) is 6.04 Å². The SMILES string of the molecule is CC(C(=O)O)N(C(=O)c1cccc2cc[nH]c12)C1CC1. The number of para-hydroxylation sites is 1. The molecule has 1 aromatic carbocycles. The third-order valence-corrected chi connectivity index (χ3v) is 3.77. The van der Waals surface area contributed by atoms with E-state index in [4.69, 9.17) is 0 Å². The Kier molecular flexibility index (Phi) is 2.97. The van der Waals surface area contributed by atoms with Gasteiger partial charge in [-0.15, -0.1) is 0 Å². The van der Waals surface area contributed by atoms with Gasteiger partial charge in [0.2, 0.25) is 0 Å². The molecule has 1 unspecified atom stereocenters. The maximum Gasteiger partial charge on any atom is 0.326 e. The molecule has 1 amide bonds. The maximum absolute atomic E-state index is 12.7. The summed E-state index contributed by atoms with van der Waals surface area (Å²) in [6, 6.07) is 6.63. The van der Waals surface area contributed by atoms with Gasteiger partial charge in [0.15, 0.2) is 0 Å². The van der Waals surface area contributed by atoms with Gasteiger partial charge in [-0.25, -0.2) is 4.79 Å². The largest absolute Gasteiger partial charge is 0.480 e. The van der Waals surface area contributed by atoms with E-state index in [2.05, 4.69) is 4.98 Å². The van der Waals surface area contributed by atoms with Gasteiger partial charge in [-0.05, 0) is 31.9 Å². The van der Waals surface area contributed by atoms with Crippen LogP contribution in [0.1, 0.15) is 30.1 Å². The third kappa shape index (κ3) is 2.05. The van der Waals surface area contributed by atoms with Gasteiger partial charge >= 0.3 is 5.97 Å². The molecule has 2 aromatic rings. The lowest BCUT2D eigenvalue weighted by Gasteiger charge is -2.26. The Labute approximate surface area is 116 Å². The summed E-state index contributed by atoms with van der Waals surface area (Å²) in [5.74, 6) is -1.18. The van der Waals surface area contributed by atoms with Crippen LogP contribution in [0.2, 0.25) is 0 Å². The van der Waals surface area contributed by atoms with Crippen LogP contribution in [0.15, 0.2) is 30.5 Å². The number of amides is 1. The number of benzene rings is 1. The predicted molar refractivity (Wildman–Crippen MR) is 74.6 cm³/mol. The number of rotatable bonds is 4. The topological polar surface area (TPSA) is 73.4 Å². The average Bonchev–Trinajstić information content (AvgIpc) is 3.14. The summed E-state index contributed by atoms with van der Waals surface area (Å²) in [6.45, 7) is 1.56. The zero-order valence-corrected chi connectivity index (χ0v) is 11.2. The number of hydrogen-bond acceptors (Lipinski definition) is 2. The van der Waals surface area contributed by atoms with Crippen LogP contribution in [-0.4, -0.2) is 39.0 Å². The van der Waals surface area contributed by atoms with Crippen LogP contribution in [0.25, 0.3) is 10.9 Å². The Morgan fingerprint density at radius 3 is 2.75 bits per heavy atom. The number of carbonyl (C=O) groups is 2. The van der Waals surface area contributed by atoms with Gasteiger partial charge in [0.25, 0.3) is 5.91 Å². The normalized spacial score (nSPS) is 16.1. The maximum atomic E-state index is 12.7. The minimum atomic E-state index is -0.969. The Bertz CT molecular complexity index is 673. The van der Waals surface area contributed by atoms with Crippen LogP contribution >= 0.6 is 0 Å². The summed E-state index contributed by atoms with van der Waals surface area (Å²) in [6.07, 6.45) is 3.54. The van der Waals surface area contributed by atoms with Gasteiger partial charge < -0.3 is 15.0 Å². The number of aromatic nitrogens is 1. The predicted octanol–water partition coefficient (Wildman–Crippen LogP) is 2.25. The molecule has 20 heavy (non-hydrogen) atoms. The number of fused-ring (bicyclic) bond motifs is 1. The molecule has 1 aromatic heterocycles. The lowest BCUT2D eigenvalue weighted by Crippen LogP contribution is -2.44.